The smallest absolute Gasteiger partial charge is 0.229 e. The maximum Gasteiger partial charge on any atom is 0.229 e. The van der Waals surface area contributed by atoms with E-state index in [2.05, 4.69) is 42.5 Å². The molecule has 1 saturated heterocycles. The molecule has 0 radical (unpaired) electrons. The van der Waals surface area contributed by atoms with Gasteiger partial charge in [0.05, 0.1) is 23.2 Å². The van der Waals surface area contributed by atoms with Crippen molar-refractivity contribution in [3.63, 3.8) is 0 Å². The number of benzene rings is 1. The van der Waals surface area contributed by atoms with Crippen molar-refractivity contribution in [3.05, 3.63) is 21.1 Å². The van der Waals surface area contributed by atoms with Gasteiger partial charge in [-0.1, -0.05) is 0 Å². The molecule has 20 heavy (non-hydrogen) atoms. The summed E-state index contributed by atoms with van der Waals surface area (Å²) < 4.78 is 6.77. The van der Waals surface area contributed by atoms with Crippen molar-refractivity contribution in [2.24, 2.45) is 5.92 Å². The van der Waals surface area contributed by atoms with E-state index in [9.17, 15) is 9.59 Å². The van der Waals surface area contributed by atoms with Crippen molar-refractivity contribution in [1.82, 2.24) is 5.32 Å². The van der Waals surface area contributed by atoms with Gasteiger partial charge in [-0.2, -0.15) is 0 Å². The number of halogens is 2. The summed E-state index contributed by atoms with van der Waals surface area (Å²) in [5, 5.41) is 5.56. The Balaban J connectivity index is 2.09. The standard InChI is InChI=1S/C13H14Br2N2O3/c1-20-11-5-10(8(14)4-9(11)15)17-13(19)7-2-3-12(18)16-6-7/h4-5,7H,2-3,6H2,1H3,(H,16,18)(H,17,19). The normalized spacial score (nSPS) is 18.4. The van der Waals surface area contributed by atoms with Crippen LogP contribution in [-0.4, -0.2) is 25.5 Å². The molecular formula is C13H14Br2N2O3. The van der Waals surface area contributed by atoms with Crippen molar-refractivity contribution in [3.8, 4) is 5.75 Å². The molecule has 0 saturated carbocycles. The number of carbonyl (C=O) groups excluding carboxylic acids is 2. The van der Waals surface area contributed by atoms with Crippen molar-refractivity contribution in [2.75, 3.05) is 19.0 Å². The van der Waals surface area contributed by atoms with E-state index in [0.29, 0.717) is 30.8 Å². The number of piperidine rings is 1. The zero-order valence-electron chi connectivity index (χ0n) is 10.8. The highest BCUT2D eigenvalue weighted by Gasteiger charge is 2.25. The Hall–Kier alpha value is -1.08. The van der Waals surface area contributed by atoms with Gasteiger partial charge in [-0.25, -0.2) is 0 Å². The second-order valence-electron chi connectivity index (χ2n) is 4.50. The number of amides is 2. The van der Waals surface area contributed by atoms with Crippen LogP contribution in [0.15, 0.2) is 21.1 Å². The fourth-order valence-corrected chi connectivity index (χ4v) is 3.23. The first-order valence-electron chi connectivity index (χ1n) is 6.12. The second-order valence-corrected chi connectivity index (χ2v) is 6.20. The number of nitrogens with one attached hydrogen (secondary N) is 2. The lowest BCUT2D eigenvalue weighted by Crippen LogP contribution is -2.40. The number of ether oxygens (including phenoxy) is 1. The Bertz CT molecular complexity index is 539. The minimum atomic E-state index is -0.200. The molecule has 0 aromatic heterocycles. The molecule has 2 rings (SSSR count). The molecule has 1 unspecified atom stereocenters. The summed E-state index contributed by atoms with van der Waals surface area (Å²) in [7, 11) is 1.57. The molecule has 0 bridgehead atoms. The van der Waals surface area contributed by atoms with E-state index in [-0.39, 0.29) is 17.7 Å². The molecular weight excluding hydrogens is 392 g/mol. The lowest BCUT2D eigenvalue weighted by molar-refractivity contribution is -0.126. The Morgan fingerprint density at radius 3 is 2.75 bits per heavy atom. The molecule has 108 valence electrons. The van der Waals surface area contributed by atoms with Gasteiger partial charge in [0.25, 0.3) is 0 Å². The number of carbonyl (C=O) groups is 2. The predicted octanol–water partition coefficient (Wildman–Crippen LogP) is 2.68. The Labute approximate surface area is 133 Å². The minimum absolute atomic E-state index is 0.000501. The van der Waals surface area contributed by atoms with E-state index in [1.807, 2.05) is 6.07 Å². The average Bonchev–Trinajstić information content (AvgIpc) is 2.42. The molecule has 1 aromatic rings. The van der Waals surface area contributed by atoms with Crippen LogP contribution < -0.4 is 15.4 Å². The molecule has 1 fully saturated rings. The summed E-state index contributed by atoms with van der Waals surface area (Å²) in [6.45, 7) is 0.385. The van der Waals surface area contributed by atoms with Gasteiger partial charge in [0.1, 0.15) is 5.75 Å². The molecule has 1 aliphatic heterocycles. The Morgan fingerprint density at radius 1 is 1.40 bits per heavy atom. The number of methoxy groups -OCH3 is 1. The third-order valence-corrected chi connectivity index (χ3v) is 4.41. The highest BCUT2D eigenvalue weighted by molar-refractivity contribution is 9.11. The molecule has 2 N–H and O–H groups in total. The van der Waals surface area contributed by atoms with Gasteiger partial charge < -0.3 is 15.4 Å². The van der Waals surface area contributed by atoms with Gasteiger partial charge in [-0.3, -0.25) is 9.59 Å². The van der Waals surface area contributed by atoms with Crippen molar-refractivity contribution in [1.29, 1.82) is 0 Å². The van der Waals surface area contributed by atoms with E-state index >= 15 is 0 Å². The molecule has 1 aliphatic rings. The van der Waals surface area contributed by atoms with Crippen LogP contribution in [0.25, 0.3) is 0 Å². The second kappa shape index (κ2) is 6.58. The van der Waals surface area contributed by atoms with Crippen LogP contribution in [0.2, 0.25) is 0 Å². The SMILES string of the molecule is COc1cc(NC(=O)C2CCC(=O)NC2)c(Br)cc1Br. The monoisotopic (exact) mass is 404 g/mol. The van der Waals surface area contributed by atoms with Gasteiger partial charge in [-0.05, 0) is 44.3 Å². The van der Waals surface area contributed by atoms with Crippen LogP contribution in [0.3, 0.4) is 0 Å². The Morgan fingerprint density at radius 2 is 2.15 bits per heavy atom. The van der Waals surface area contributed by atoms with E-state index in [4.69, 9.17) is 4.74 Å². The third-order valence-electron chi connectivity index (χ3n) is 3.14. The molecule has 1 aromatic carbocycles. The zero-order valence-corrected chi connectivity index (χ0v) is 14.0. The van der Waals surface area contributed by atoms with Crippen LogP contribution in [0, 0.1) is 5.92 Å². The molecule has 1 heterocycles. The topological polar surface area (TPSA) is 67.4 Å². The molecule has 7 heteroatoms. The fraction of sp³-hybridized carbons (Fsp3) is 0.385. The summed E-state index contributed by atoms with van der Waals surface area (Å²) in [5.41, 5.74) is 0.645. The molecule has 5 nitrogen and oxygen atoms in total. The number of hydrogen-bond acceptors (Lipinski definition) is 3. The molecule has 2 amide bonds. The maximum atomic E-state index is 12.2. The Kier molecular flexibility index (Phi) is 5.04. The van der Waals surface area contributed by atoms with Gasteiger partial charge >= 0.3 is 0 Å². The highest BCUT2D eigenvalue weighted by atomic mass is 79.9. The highest BCUT2D eigenvalue weighted by Crippen LogP contribution is 2.34. The van der Waals surface area contributed by atoms with Crippen LogP contribution in [0.5, 0.6) is 5.75 Å². The van der Waals surface area contributed by atoms with Gasteiger partial charge in [0.15, 0.2) is 0 Å². The largest absolute Gasteiger partial charge is 0.495 e. The maximum absolute atomic E-state index is 12.2. The van der Waals surface area contributed by atoms with E-state index in [0.717, 1.165) is 8.95 Å². The van der Waals surface area contributed by atoms with E-state index < -0.39 is 0 Å². The fourth-order valence-electron chi connectivity index (χ4n) is 1.97. The third kappa shape index (κ3) is 3.52. The lowest BCUT2D eigenvalue weighted by atomic mass is 9.98. The number of hydrogen-bond donors (Lipinski definition) is 2. The average molecular weight is 406 g/mol. The summed E-state index contributed by atoms with van der Waals surface area (Å²) >= 11 is 6.78. The molecule has 1 atom stereocenters. The van der Waals surface area contributed by atoms with Crippen LogP contribution in [0.1, 0.15) is 12.8 Å². The van der Waals surface area contributed by atoms with Crippen molar-refractivity contribution < 1.29 is 14.3 Å². The number of anilines is 1. The first kappa shape index (κ1) is 15.3. The summed E-state index contributed by atoms with van der Waals surface area (Å²) in [4.78, 5) is 23.3. The lowest BCUT2D eigenvalue weighted by Gasteiger charge is -2.22. The first-order valence-corrected chi connectivity index (χ1v) is 7.70. The van der Waals surface area contributed by atoms with E-state index in [1.54, 1.807) is 13.2 Å². The zero-order chi connectivity index (χ0) is 14.7. The summed E-state index contributed by atoms with van der Waals surface area (Å²) in [5.74, 6) is 0.338. The molecule has 0 spiro atoms. The summed E-state index contributed by atoms with van der Waals surface area (Å²) in [6.07, 6.45) is 0.964. The van der Waals surface area contributed by atoms with Gasteiger partial charge in [0.2, 0.25) is 11.8 Å². The van der Waals surface area contributed by atoms with Crippen molar-refractivity contribution in [2.45, 2.75) is 12.8 Å². The van der Waals surface area contributed by atoms with Gasteiger partial charge in [-0.15, -0.1) is 0 Å². The predicted molar refractivity (Wildman–Crippen MR) is 82.8 cm³/mol. The van der Waals surface area contributed by atoms with E-state index in [1.165, 1.54) is 0 Å². The van der Waals surface area contributed by atoms with Crippen LogP contribution >= 0.6 is 31.9 Å². The number of rotatable bonds is 3. The quantitative estimate of drug-likeness (QED) is 0.812. The summed E-state index contributed by atoms with van der Waals surface area (Å²) in [6, 6.07) is 3.56. The van der Waals surface area contributed by atoms with Gasteiger partial charge in [0, 0.05) is 23.5 Å². The molecule has 0 aliphatic carbocycles. The first-order chi connectivity index (χ1) is 9.51. The van der Waals surface area contributed by atoms with Crippen LogP contribution in [-0.2, 0) is 9.59 Å². The minimum Gasteiger partial charge on any atom is -0.495 e. The van der Waals surface area contributed by atoms with Crippen molar-refractivity contribution >= 4 is 49.4 Å². The van der Waals surface area contributed by atoms with Crippen LogP contribution in [0.4, 0.5) is 5.69 Å².